The molecule has 0 aliphatic heterocycles. The fourth-order valence-corrected chi connectivity index (χ4v) is 4.21. The molecule has 2 N–H and O–H groups in total. The molecule has 3 aromatic carbocycles. The number of sulfonamides is 1. The summed E-state index contributed by atoms with van der Waals surface area (Å²) in [5.41, 5.74) is 2.20. The lowest BCUT2D eigenvalue weighted by atomic mass is 10.0. The maximum atomic E-state index is 13.0. The molecular formula is C24H25ClN2O4S. The van der Waals surface area contributed by atoms with E-state index in [2.05, 4.69) is 23.9 Å². The molecule has 0 atom stereocenters. The highest BCUT2D eigenvalue weighted by Crippen LogP contribution is 2.30. The SMILES string of the molecule is CCOc1ccc(S(=O)(=O)Nc2ccc(C(C)C)cc2)cc1NC(=O)c1ccc(Cl)cc1. The van der Waals surface area contributed by atoms with Crippen LogP contribution >= 0.6 is 11.6 Å². The average Bonchev–Trinajstić information content (AvgIpc) is 2.75. The second-order valence-electron chi connectivity index (χ2n) is 7.43. The van der Waals surface area contributed by atoms with Crippen molar-refractivity contribution in [3.63, 3.8) is 0 Å². The molecule has 0 aliphatic carbocycles. The van der Waals surface area contributed by atoms with Gasteiger partial charge in [-0.1, -0.05) is 37.6 Å². The fraction of sp³-hybridized carbons (Fsp3) is 0.208. The predicted octanol–water partition coefficient (Wildman–Crippen LogP) is 5.92. The summed E-state index contributed by atoms with van der Waals surface area (Å²) < 4.78 is 34.0. The second-order valence-corrected chi connectivity index (χ2v) is 9.55. The topological polar surface area (TPSA) is 84.5 Å². The number of hydrogen-bond donors (Lipinski definition) is 2. The van der Waals surface area contributed by atoms with Gasteiger partial charge in [0.15, 0.2) is 0 Å². The third-order valence-corrected chi connectivity index (χ3v) is 6.38. The van der Waals surface area contributed by atoms with Gasteiger partial charge in [-0.2, -0.15) is 0 Å². The van der Waals surface area contributed by atoms with Crippen molar-refractivity contribution >= 4 is 38.9 Å². The molecule has 0 bridgehead atoms. The van der Waals surface area contributed by atoms with E-state index in [4.69, 9.17) is 16.3 Å². The summed E-state index contributed by atoms with van der Waals surface area (Å²) >= 11 is 5.88. The summed E-state index contributed by atoms with van der Waals surface area (Å²) in [6.45, 7) is 6.30. The van der Waals surface area contributed by atoms with Gasteiger partial charge in [0, 0.05) is 16.3 Å². The Bertz CT molecular complexity index is 1190. The maximum Gasteiger partial charge on any atom is 0.261 e. The first-order valence-electron chi connectivity index (χ1n) is 10.2. The van der Waals surface area contributed by atoms with E-state index in [0.717, 1.165) is 5.56 Å². The van der Waals surface area contributed by atoms with Crippen LogP contribution in [-0.2, 0) is 10.0 Å². The molecule has 3 rings (SSSR count). The minimum absolute atomic E-state index is 0.000273. The van der Waals surface area contributed by atoms with Crippen LogP contribution in [0.15, 0.2) is 71.6 Å². The molecule has 0 heterocycles. The molecule has 0 fully saturated rings. The van der Waals surface area contributed by atoms with Gasteiger partial charge in [-0.3, -0.25) is 9.52 Å². The molecular weight excluding hydrogens is 448 g/mol. The van der Waals surface area contributed by atoms with Crippen LogP contribution in [0.25, 0.3) is 0 Å². The van der Waals surface area contributed by atoms with Gasteiger partial charge >= 0.3 is 0 Å². The van der Waals surface area contributed by atoms with Gasteiger partial charge in [0.25, 0.3) is 15.9 Å². The predicted molar refractivity (Wildman–Crippen MR) is 128 cm³/mol. The number of amides is 1. The van der Waals surface area contributed by atoms with Gasteiger partial charge in [-0.25, -0.2) is 8.42 Å². The zero-order valence-corrected chi connectivity index (χ0v) is 19.6. The molecule has 32 heavy (non-hydrogen) atoms. The van der Waals surface area contributed by atoms with Crippen LogP contribution in [0.4, 0.5) is 11.4 Å². The number of halogens is 1. The lowest BCUT2D eigenvalue weighted by Gasteiger charge is -2.15. The molecule has 0 radical (unpaired) electrons. The Morgan fingerprint density at radius 2 is 1.66 bits per heavy atom. The highest BCUT2D eigenvalue weighted by Gasteiger charge is 2.19. The summed E-state index contributed by atoms with van der Waals surface area (Å²) in [6, 6.07) is 18.0. The van der Waals surface area contributed by atoms with Crippen LogP contribution in [0.1, 0.15) is 42.6 Å². The zero-order chi connectivity index (χ0) is 23.3. The number of anilines is 2. The number of benzene rings is 3. The molecule has 0 aliphatic rings. The molecule has 0 spiro atoms. The monoisotopic (exact) mass is 472 g/mol. The van der Waals surface area contributed by atoms with Gasteiger partial charge in [-0.05, 0) is 73.0 Å². The summed E-state index contributed by atoms with van der Waals surface area (Å²) in [4.78, 5) is 12.6. The van der Waals surface area contributed by atoms with Gasteiger partial charge in [0.2, 0.25) is 0 Å². The van der Waals surface area contributed by atoms with Gasteiger partial charge in [0.1, 0.15) is 5.75 Å². The smallest absolute Gasteiger partial charge is 0.261 e. The van der Waals surface area contributed by atoms with E-state index in [0.29, 0.717) is 34.5 Å². The normalized spacial score (nSPS) is 11.3. The lowest BCUT2D eigenvalue weighted by Crippen LogP contribution is -2.16. The third kappa shape index (κ3) is 5.81. The number of carbonyl (C=O) groups excluding carboxylic acids is 1. The maximum absolute atomic E-state index is 13.0. The van der Waals surface area contributed by atoms with Crippen LogP contribution in [0.5, 0.6) is 5.75 Å². The highest BCUT2D eigenvalue weighted by molar-refractivity contribution is 7.92. The molecule has 0 saturated heterocycles. The standard InChI is InChI=1S/C24H25ClN2O4S/c1-4-31-23-14-13-21(15-22(23)26-24(28)18-5-9-19(25)10-6-18)32(29,30)27-20-11-7-17(8-12-20)16(2)3/h5-16,27H,4H2,1-3H3,(H,26,28). The van der Waals surface area contributed by atoms with Crippen molar-refractivity contribution in [1.29, 1.82) is 0 Å². The van der Waals surface area contributed by atoms with Crippen molar-refractivity contribution in [2.45, 2.75) is 31.6 Å². The van der Waals surface area contributed by atoms with Crippen molar-refractivity contribution in [2.75, 3.05) is 16.6 Å². The van der Waals surface area contributed by atoms with Gasteiger partial charge in [-0.15, -0.1) is 0 Å². The van der Waals surface area contributed by atoms with E-state index in [1.54, 1.807) is 43.3 Å². The molecule has 168 valence electrons. The van der Waals surface area contributed by atoms with E-state index < -0.39 is 15.9 Å². The Kier molecular flexibility index (Phi) is 7.43. The number of rotatable bonds is 8. The lowest BCUT2D eigenvalue weighted by molar-refractivity contribution is 0.102. The second kappa shape index (κ2) is 10.1. The number of nitrogens with one attached hydrogen (secondary N) is 2. The largest absolute Gasteiger partial charge is 0.492 e. The quantitative estimate of drug-likeness (QED) is 0.426. The Labute approximate surface area is 193 Å². The van der Waals surface area contributed by atoms with E-state index in [1.165, 1.54) is 18.2 Å². The first-order valence-corrected chi connectivity index (χ1v) is 12.0. The Morgan fingerprint density at radius 1 is 1.00 bits per heavy atom. The van der Waals surface area contributed by atoms with Crippen molar-refractivity contribution in [2.24, 2.45) is 0 Å². The van der Waals surface area contributed by atoms with Crippen molar-refractivity contribution in [3.8, 4) is 5.75 Å². The minimum atomic E-state index is -3.88. The first kappa shape index (κ1) is 23.6. The Balaban J connectivity index is 1.87. The fourth-order valence-electron chi connectivity index (χ4n) is 3.00. The molecule has 8 heteroatoms. The van der Waals surface area contributed by atoms with E-state index in [9.17, 15) is 13.2 Å². The van der Waals surface area contributed by atoms with Crippen LogP contribution in [0.3, 0.4) is 0 Å². The van der Waals surface area contributed by atoms with Crippen LogP contribution < -0.4 is 14.8 Å². The molecule has 0 unspecified atom stereocenters. The van der Waals surface area contributed by atoms with E-state index in [-0.39, 0.29) is 10.6 Å². The van der Waals surface area contributed by atoms with Crippen molar-refractivity contribution < 1.29 is 17.9 Å². The minimum Gasteiger partial charge on any atom is -0.492 e. The molecule has 1 amide bonds. The number of hydrogen-bond acceptors (Lipinski definition) is 4. The molecule has 3 aromatic rings. The van der Waals surface area contributed by atoms with Crippen LogP contribution in [0.2, 0.25) is 5.02 Å². The number of carbonyl (C=O) groups is 1. The summed E-state index contributed by atoms with van der Waals surface area (Å²) in [5.74, 6) is 0.308. The highest BCUT2D eigenvalue weighted by atomic mass is 35.5. The van der Waals surface area contributed by atoms with Crippen molar-refractivity contribution in [3.05, 3.63) is 82.9 Å². The Morgan fingerprint density at radius 3 is 2.25 bits per heavy atom. The first-order chi connectivity index (χ1) is 15.2. The van der Waals surface area contributed by atoms with E-state index in [1.807, 2.05) is 12.1 Å². The summed E-state index contributed by atoms with van der Waals surface area (Å²) in [5, 5.41) is 3.24. The zero-order valence-electron chi connectivity index (χ0n) is 18.1. The summed E-state index contributed by atoms with van der Waals surface area (Å²) in [7, 11) is -3.88. The van der Waals surface area contributed by atoms with E-state index >= 15 is 0 Å². The van der Waals surface area contributed by atoms with Gasteiger partial charge < -0.3 is 10.1 Å². The molecule has 6 nitrogen and oxygen atoms in total. The Hall–Kier alpha value is -3.03. The summed E-state index contributed by atoms with van der Waals surface area (Å²) in [6.07, 6.45) is 0. The molecule has 0 saturated carbocycles. The van der Waals surface area contributed by atoms with Crippen LogP contribution in [-0.4, -0.2) is 20.9 Å². The van der Waals surface area contributed by atoms with Crippen molar-refractivity contribution in [1.82, 2.24) is 0 Å². The molecule has 0 aromatic heterocycles. The number of ether oxygens (including phenoxy) is 1. The average molecular weight is 473 g/mol. The third-order valence-electron chi connectivity index (χ3n) is 4.75. The van der Waals surface area contributed by atoms with Crippen LogP contribution in [0, 0.1) is 0 Å². The van der Waals surface area contributed by atoms with Gasteiger partial charge in [0.05, 0.1) is 17.2 Å².